The highest BCUT2D eigenvalue weighted by atomic mass is 79.9. The number of nitrogens with zero attached hydrogens (tertiary/aromatic N) is 1. The van der Waals surface area contributed by atoms with E-state index in [0.717, 1.165) is 17.3 Å². The van der Waals surface area contributed by atoms with Gasteiger partial charge in [-0.1, -0.05) is 15.9 Å². The van der Waals surface area contributed by atoms with Crippen molar-refractivity contribution in [3.63, 3.8) is 0 Å². The first-order valence-corrected chi connectivity index (χ1v) is 6.78. The van der Waals surface area contributed by atoms with E-state index in [-0.39, 0.29) is 12.5 Å². The summed E-state index contributed by atoms with van der Waals surface area (Å²) < 4.78 is 6.39. The molecule has 1 aromatic carbocycles. The third-order valence-electron chi connectivity index (χ3n) is 2.93. The Bertz CT molecular complexity index is 407. The number of hydrogen-bond acceptors (Lipinski definition) is 3. The average Bonchev–Trinajstić information content (AvgIpc) is 2.38. The molecule has 0 spiro atoms. The molecular formula is C13H16BrNO3. The minimum Gasteiger partial charge on any atom is -0.484 e. The van der Waals surface area contributed by atoms with E-state index in [4.69, 9.17) is 4.74 Å². The summed E-state index contributed by atoms with van der Waals surface area (Å²) in [6, 6.07) is 7.35. The molecule has 1 atom stereocenters. The minimum absolute atomic E-state index is 0.0222. The Labute approximate surface area is 115 Å². The fourth-order valence-corrected chi connectivity index (χ4v) is 2.21. The first-order valence-electron chi connectivity index (χ1n) is 5.99. The van der Waals surface area contributed by atoms with Crippen LogP contribution in [0.3, 0.4) is 0 Å². The Balaban J connectivity index is 1.82. The monoisotopic (exact) mass is 313 g/mol. The van der Waals surface area contributed by atoms with Crippen molar-refractivity contribution in [2.24, 2.45) is 0 Å². The number of benzene rings is 1. The van der Waals surface area contributed by atoms with E-state index in [9.17, 15) is 9.90 Å². The van der Waals surface area contributed by atoms with Gasteiger partial charge in [0.2, 0.25) is 0 Å². The molecule has 2 rings (SSSR count). The quantitative estimate of drug-likeness (QED) is 0.926. The molecule has 1 heterocycles. The predicted molar refractivity (Wildman–Crippen MR) is 71.5 cm³/mol. The summed E-state index contributed by atoms with van der Waals surface area (Å²) in [5.41, 5.74) is 0. The number of rotatable bonds is 3. The number of piperidine rings is 1. The molecule has 1 N–H and O–H groups in total. The lowest BCUT2D eigenvalue weighted by molar-refractivity contribution is -0.136. The van der Waals surface area contributed by atoms with Crippen LogP contribution in [0.1, 0.15) is 12.8 Å². The van der Waals surface area contributed by atoms with Crippen molar-refractivity contribution in [3.8, 4) is 5.75 Å². The Morgan fingerprint density at radius 2 is 2.17 bits per heavy atom. The molecule has 1 saturated heterocycles. The van der Waals surface area contributed by atoms with Crippen LogP contribution in [-0.2, 0) is 4.79 Å². The summed E-state index contributed by atoms with van der Waals surface area (Å²) >= 11 is 3.34. The molecular weight excluding hydrogens is 298 g/mol. The van der Waals surface area contributed by atoms with Crippen molar-refractivity contribution in [3.05, 3.63) is 28.7 Å². The summed E-state index contributed by atoms with van der Waals surface area (Å²) in [5.74, 6) is 0.598. The van der Waals surface area contributed by atoms with Gasteiger partial charge < -0.3 is 14.7 Å². The topological polar surface area (TPSA) is 49.8 Å². The second-order valence-corrected chi connectivity index (χ2v) is 5.29. The first-order chi connectivity index (χ1) is 8.65. The largest absolute Gasteiger partial charge is 0.484 e. The van der Waals surface area contributed by atoms with Gasteiger partial charge in [0.1, 0.15) is 5.75 Å². The highest BCUT2D eigenvalue weighted by Crippen LogP contribution is 2.16. The third kappa shape index (κ3) is 3.71. The lowest BCUT2D eigenvalue weighted by atomic mass is 10.1. The Morgan fingerprint density at radius 3 is 2.83 bits per heavy atom. The maximum Gasteiger partial charge on any atom is 0.260 e. The molecule has 1 amide bonds. The Kier molecular flexibility index (Phi) is 4.60. The second-order valence-electron chi connectivity index (χ2n) is 4.38. The third-order valence-corrected chi connectivity index (χ3v) is 3.45. The van der Waals surface area contributed by atoms with Crippen molar-refractivity contribution in [1.29, 1.82) is 0 Å². The van der Waals surface area contributed by atoms with Gasteiger partial charge in [-0.05, 0) is 37.1 Å². The normalized spacial score (nSPS) is 19.7. The van der Waals surface area contributed by atoms with Crippen LogP contribution in [0.15, 0.2) is 28.7 Å². The van der Waals surface area contributed by atoms with Crippen molar-refractivity contribution in [1.82, 2.24) is 4.90 Å². The van der Waals surface area contributed by atoms with Crippen LogP contribution >= 0.6 is 15.9 Å². The maximum atomic E-state index is 11.9. The average molecular weight is 314 g/mol. The maximum absolute atomic E-state index is 11.9. The number of aliphatic hydroxyl groups is 1. The standard InChI is InChI=1S/C13H16BrNO3/c14-10-3-5-12(6-4-10)18-9-13(17)15-7-1-2-11(16)8-15/h3-6,11,16H,1-2,7-9H2/t11-/m0/s1. The van der Waals surface area contributed by atoms with Crippen molar-refractivity contribution in [2.75, 3.05) is 19.7 Å². The molecule has 5 heteroatoms. The van der Waals surface area contributed by atoms with Gasteiger partial charge in [0.05, 0.1) is 6.10 Å². The molecule has 4 nitrogen and oxygen atoms in total. The van der Waals surface area contributed by atoms with Crippen LogP contribution in [-0.4, -0.2) is 41.7 Å². The fourth-order valence-electron chi connectivity index (χ4n) is 1.95. The lowest BCUT2D eigenvalue weighted by Crippen LogP contribution is -2.44. The number of β-amino-alcohol motifs (C(OH)–C–C–N with tert-alkyl or cyclic N) is 1. The van der Waals surface area contributed by atoms with Crippen LogP contribution in [0.2, 0.25) is 0 Å². The lowest BCUT2D eigenvalue weighted by Gasteiger charge is -2.29. The van der Waals surface area contributed by atoms with Gasteiger partial charge in [-0.2, -0.15) is 0 Å². The SMILES string of the molecule is O=C(COc1ccc(Br)cc1)N1CCC[C@H](O)C1. The molecule has 0 bridgehead atoms. The molecule has 0 aromatic heterocycles. The van der Waals surface area contributed by atoms with Crippen LogP contribution in [0.5, 0.6) is 5.75 Å². The van der Waals surface area contributed by atoms with Crippen molar-refractivity contribution in [2.45, 2.75) is 18.9 Å². The van der Waals surface area contributed by atoms with E-state index in [1.54, 1.807) is 4.90 Å². The second kappa shape index (κ2) is 6.20. The molecule has 1 aliphatic heterocycles. The van der Waals surface area contributed by atoms with Crippen LogP contribution < -0.4 is 4.74 Å². The molecule has 0 aliphatic carbocycles. The number of hydrogen-bond donors (Lipinski definition) is 1. The molecule has 98 valence electrons. The number of carbonyl (C=O) groups is 1. The van der Waals surface area contributed by atoms with E-state index >= 15 is 0 Å². The van der Waals surface area contributed by atoms with Crippen LogP contribution in [0.4, 0.5) is 0 Å². The van der Waals surface area contributed by atoms with Crippen LogP contribution in [0.25, 0.3) is 0 Å². The minimum atomic E-state index is -0.393. The zero-order chi connectivity index (χ0) is 13.0. The highest BCUT2D eigenvalue weighted by molar-refractivity contribution is 9.10. The predicted octanol–water partition coefficient (Wildman–Crippen LogP) is 1.81. The molecule has 1 fully saturated rings. The van der Waals surface area contributed by atoms with Gasteiger partial charge in [-0.3, -0.25) is 4.79 Å². The summed E-state index contributed by atoms with van der Waals surface area (Å²) in [7, 11) is 0. The number of ether oxygens (including phenoxy) is 1. The number of likely N-dealkylation sites (tertiary alicyclic amines) is 1. The van der Waals surface area contributed by atoms with Gasteiger partial charge >= 0.3 is 0 Å². The van der Waals surface area contributed by atoms with Gasteiger partial charge in [0.25, 0.3) is 5.91 Å². The molecule has 1 aromatic rings. The summed E-state index contributed by atoms with van der Waals surface area (Å²) in [6.45, 7) is 1.15. The van der Waals surface area contributed by atoms with Crippen molar-refractivity contribution >= 4 is 21.8 Å². The van der Waals surface area contributed by atoms with E-state index < -0.39 is 6.10 Å². The Morgan fingerprint density at radius 1 is 1.44 bits per heavy atom. The number of amides is 1. The summed E-state index contributed by atoms with van der Waals surface area (Å²) in [5, 5.41) is 9.50. The van der Waals surface area contributed by atoms with Gasteiger partial charge in [-0.25, -0.2) is 0 Å². The zero-order valence-electron chi connectivity index (χ0n) is 10.0. The molecule has 0 saturated carbocycles. The number of aliphatic hydroxyl groups excluding tert-OH is 1. The molecule has 0 unspecified atom stereocenters. The molecule has 1 aliphatic rings. The van der Waals surface area contributed by atoms with E-state index in [0.29, 0.717) is 18.8 Å². The zero-order valence-corrected chi connectivity index (χ0v) is 11.6. The first kappa shape index (κ1) is 13.4. The van der Waals surface area contributed by atoms with Gasteiger partial charge in [-0.15, -0.1) is 0 Å². The van der Waals surface area contributed by atoms with E-state index in [1.165, 1.54) is 0 Å². The van der Waals surface area contributed by atoms with Gasteiger partial charge in [0.15, 0.2) is 6.61 Å². The fraction of sp³-hybridized carbons (Fsp3) is 0.462. The highest BCUT2D eigenvalue weighted by Gasteiger charge is 2.22. The van der Waals surface area contributed by atoms with E-state index in [1.807, 2.05) is 24.3 Å². The number of carbonyl (C=O) groups excluding carboxylic acids is 1. The number of halogens is 1. The van der Waals surface area contributed by atoms with Crippen molar-refractivity contribution < 1.29 is 14.6 Å². The summed E-state index contributed by atoms with van der Waals surface area (Å²) in [4.78, 5) is 13.5. The Hall–Kier alpha value is -1.07. The van der Waals surface area contributed by atoms with Crippen LogP contribution in [0, 0.1) is 0 Å². The molecule has 18 heavy (non-hydrogen) atoms. The molecule has 0 radical (unpaired) electrons. The summed E-state index contributed by atoms with van der Waals surface area (Å²) in [6.07, 6.45) is 1.23. The smallest absolute Gasteiger partial charge is 0.260 e. The van der Waals surface area contributed by atoms with Gasteiger partial charge in [0, 0.05) is 17.6 Å². The van der Waals surface area contributed by atoms with E-state index in [2.05, 4.69) is 15.9 Å².